The third-order valence-electron chi connectivity index (χ3n) is 3.82. The normalized spacial score (nSPS) is 10.9. The number of benzene rings is 2. The molecule has 0 unspecified atom stereocenters. The molecule has 0 heterocycles. The molecule has 0 saturated carbocycles. The second-order valence-electron chi connectivity index (χ2n) is 5.99. The van der Waals surface area contributed by atoms with Crippen molar-refractivity contribution in [3.05, 3.63) is 64.7 Å². The minimum absolute atomic E-state index is 0.0389. The number of thioether (sulfide) groups is 1. The fraction of sp³-hybridized carbons (Fsp3) is 0.350. The molecule has 0 spiro atoms. The molecule has 0 bridgehead atoms. The lowest BCUT2D eigenvalue weighted by Crippen LogP contribution is -2.24. The number of aryl methyl sites for hydroxylation is 1. The quantitative estimate of drug-likeness (QED) is 0.748. The van der Waals surface area contributed by atoms with Crippen LogP contribution in [0.5, 0.6) is 0 Å². The average molecular weight is 343 g/mol. The largest absolute Gasteiger partial charge is 0.374 e. The molecule has 0 aliphatic heterocycles. The van der Waals surface area contributed by atoms with Crippen molar-refractivity contribution < 1.29 is 9.53 Å². The Bertz CT molecular complexity index is 698. The van der Waals surface area contributed by atoms with Crippen molar-refractivity contribution in [1.29, 1.82) is 0 Å². The molecule has 24 heavy (non-hydrogen) atoms. The number of ether oxygens (including phenoxy) is 1. The van der Waals surface area contributed by atoms with E-state index in [2.05, 4.69) is 5.32 Å². The summed E-state index contributed by atoms with van der Waals surface area (Å²) in [5.74, 6) is -0.0389. The Morgan fingerprint density at radius 3 is 2.54 bits per heavy atom. The van der Waals surface area contributed by atoms with Gasteiger partial charge in [-0.1, -0.05) is 30.3 Å². The first-order chi connectivity index (χ1) is 11.5. The van der Waals surface area contributed by atoms with E-state index in [1.807, 2.05) is 69.5 Å². The molecule has 4 heteroatoms. The summed E-state index contributed by atoms with van der Waals surface area (Å²) in [6.45, 7) is 7.06. The van der Waals surface area contributed by atoms with Crippen LogP contribution in [0.2, 0.25) is 0 Å². The molecular weight excluding hydrogens is 318 g/mol. The average Bonchev–Trinajstić information content (AvgIpc) is 2.59. The van der Waals surface area contributed by atoms with Crippen molar-refractivity contribution >= 4 is 17.7 Å². The van der Waals surface area contributed by atoms with E-state index in [0.717, 1.165) is 27.1 Å². The van der Waals surface area contributed by atoms with Gasteiger partial charge in [-0.3, -0.25) is 4.79 Å². The zero-order valence-corrected chi connectivity index (χ0v) is 15.6. The highest BCUT2D eigenvalue weighted by molar-refractivity contribution is 7.98. The first-order valence-corrected chi connectivity index (χ1v) is 9.35. The lowest BCUT2D eigenvalue weighted by molar-refractivity contribution is 0.0651. The fourth-order valence-electron chi connectivity index (χ4n) is 2.37. The highest BCUT2D eigenvalue weighted by atomic mass is 32.2. The van der Waals surface area contributed by atoms with Gasteiger partial charge in [0.05, 0.1) is 12.7 Å². The SMILES string of the molecule is CSc1ccc(C)c(C(=O)NCc2ccccc2COC(C)C)c1. The maximum absolute atomic E-state index is 12.5. The van der Waals surface area contributed by atoms with Gasteiger partial charge in [0.2, 0.25) is 0 Å². The van der Waals surface area contributed by atoms with Crippen LogP contribution < -0.4 is 5.32 Å². The van der Waals surface area contributed by atoms with Crippen LogP contribution in [-0.2, 0) is 17.9 Å². The van der Waals surface area contributed by atoms with Gasteiger partial charge < -0.3 is 10.1 Å². The molecule has 0 radical (unpaired) electrons. The number of carbonyl (C=O) groups excluding carboxylic acids is 1. The van der Waals surface area contributed by atoms with Crippen LogP contribution in [0.25, 0.3) is 0 Å². The van der Waals surface area contributed by atoms with E-state index >= 15 is 0 Å². The van der Waals surface area contributed by atoms with Gasteiger partial charge in [0.1, 0.15) is 0 Å². The second kappa shape index (κ2) is 8.90. The van der Waals surface area contributed by atoms with Crippen LogP contribution >= 0.6 is 11.8 Å². The van der Waals surface area contributed by atoms with Crippen LogP contribution in [-0.4, -0.2) is 18.3 Å². The van der Waals surface area contributed by atoms with E-state index < -0.39 is 0 Å². The first-order valence-electron chi connectivity index (χ1n) is 8.12. The van der Waals surface area contributed by atoms with Crippen molar-refractivity contribution in [3.63, 3.8) is 0 Å². The van der Waals surface area contributed by atoms with E-state index in [0.29, 0.717) is 13.2 Å². The van der Waals surface area contributed by atoms with E-state index in [4.69, 9.17) is 4.74 Å². The van der Waals surface area contributed by atoms with Gasteiger partial charge in [-0.15, -0.1) is 11.8 Å². The third kappa shape index (κ3) is 5.11. The topological polar surface area (TPSA) is 38.3 Å². The molecule has 128 valence electrons. The van der Waals surface area contributed by atoms with Crippen molar-refractivity contribution in [2.24, 2.45) is 0 Å². The lowest BCUT2D eigenvalue weighted by atomic mass is 10.1. The molecule has 0 fully saturated rings. The summed E-state index contributed by atoms with van der Waals surface area (Å²) in [6, 6.07) is 14.0. The zero-order valence-electron chi connectivity index (χ0n) is 14.8. The highest BCUT2D eigenvalue weighted by Crippen LogP contribution is 2.19. The van der Waals surface area contributed by atoms with Crippen molar-refractivity contribution in [3.8, 4) is 0 Å². The van der Waals surface area contributed by atoms with E-state index in [9.17, 15) is 4.79 Å². The summed E-state index contributed by atoms with van der Waals surface area (Å²) >= 11 is 1.64. The summed E-state index contributed by atoms with van der Waals surface area (Å²) in [6.07, 6.45) is 2.20. The van der Waals surface area contributed by atoms with Crippen molar-refractivity contribution in [2.75, 3.05) is 6.26 Å². The molecule has 3 nitrogen and oxygen atoms in total. The van der Waals surface area contributed by atoms with Gasteiger partial charge in [-0.2, -0.15) is 0 Å². The predicted octanol–water partition coefficient (Wildman–Crippen LogP) is 4.57. The Hall–Kier alpha value is -1.78. The molecule has 0 aliphatic carbocycles. The monoisotopic (exact) mass is 343 g/mol. The summed E-state index contributed by atoms with van der Waals surface area (Å²) in [4.78, 5) is 13.6. The Morgan fingerprint density at radius 1 is 1.17 bits per heavy atom. The molecule has 2 rings (SSSR count). The van der Waals surface area contributed by atoms with Crippen molar-refractivity contribution in [2.45, 2.75) is 44.9 Å². The molecular formula is C20H25NO2S. The molecule has 0 aromatic heterocycles. The maximum Gasteiger partial charge on any atom is 0.251 e. The molecule has 0 atom stereocenters. The zero-order chi connectivity index (χ0) is 17.5. The van der Waals surface area contributed by atoms with Crippen molar-refractivity contribution in [1.82, 2.24) is 5.32 Å². The Kier molecular flexibility index (Phi) is 6.88. The fourth-order valence-corrected chi connectivity index (χ4v) is 2.81. The lowest BCUT2D eigenvalue weighted by Gasteiger charge is -2.13. The van der Waals surface area contributed by atoms with Gasteiger partial charge >= 0.3 is 0 Å². The van der Waals surface area contributed by atoms with Gasteiger partial charge in [0.25, 0.3) is 5.91 Å². The number of nitrogens with one attached hydrogen (secondary N) is 1. The standard InChI is InChI=1S/C20H25NO2S/c1-14(2)23-13-17-8-6-5-7-16(17)12-21-20(22)19-11-18(24-4)10-9-15(19)3/h5-11,14H,12-13H2,1-4H3,(H,21,22). The van der Waals surface area contributed by atoms with E-state index in [-0.39, 0.29) is 12.0 Å². The van der Waals surface area contributed by atoms with E-state index in [1.54, 1.807) is 11.8 Å². The van der Waals surface area contributed by atoms with Crippen LogP contribution in [0.1, 0.15) is 40.9 Å². The number of carbonyl (C=O) groups is 1. The van der Waals surface area contributed by atoms with Crippen LogP contribution in [0.4, 0.5) is 0 Å². The molecule has 2 aromatic carbocycles. The second-order valence-corrected chi connectivity index (χ2v) is 6.87. The Morgan fingerprint density at radius 2 is 1.88 bits per heavy atom. The first kappa shape index (κ1) is 18.6. The minimum Gasteiger partial charge on any atom is -0.374 e. The predicted molar refractivity (Wildman–Crippen MR) is 100 cm³/mol. The molecule has 0 aliphatic rings. The highest BCUT2D eigenvalue weighted by Gasteiger charge is 2.11. The van der Waals surface area contributed by atoms with Gasteiger partial charge in [-0.05, 0) is 55.9 Å². The van der Waals surface area contributed by atoms with Crippen LogP contribution in [0.15, 0.2) is 47.4 Å². The van der Waals surface area contributed by atoms with E-state index in [1.165, 1.54) is 0 Å². The Balaban J connectivity index is 2.07. The van der Waals surface area contributed by atoms with Crippen LogP contribution in [0, 0.1) is 6.92 Å². The number of hydrogen-bond donors (Lipinski definition) is 1. The summed E-state index contributed by atoms with van der Waals surface area (Å²) in [5.41, 5.74) is 3.92. The Labute approximate surface area is 148 Å². The summed E-state index contributed by atoms with van der Waals surface area (Å²) < 4.78 is 5.69. The van der Waals surface area contributed by atoms with Gasteiger partial charge in [0, 0.05) is 17.0 Å². The number of amides is 1. The summed E-state index contributed by atoms with van der Waals surface area (Å²) in [7, 11) is 0. The number of rotatable bonds is 7. The smallest absolute Gasteiger partial charge is 0.251 e. The molecule has 1 amide bonds. The van der Waals surface area contributed by atoms with Crippen LogP contribution in [0.3, 0.4) is 0 Å². The minimum atomic E-state index is -0.0389. The maximum atomic E-state index is 12.5. The number of hydrogen-bond acceptors (Lipinski definition) is 3. The molecule has 0 saturated heterocycles. The summed E-state index contributed by atoms with van der Waals surface area (Å²) in [5, 5.41) is 3.03. The van der Waals surface area contributed by atoms with Gasteiger partial charge in [-0.25, -0.2) is 0 Å². The molecule has 2 aromatic rings. The third-order valence-corrected chi connectivity index (χ3v) is 4.54. The molecule has 1 N–H and O–H groups in total. The van der Waals surface area contributed by atoms with Gasteiger partial charge in [0.15, 0.2) is 0 Å².